The first-order valence-electron chi connectivity index (χ1n) is 3.02. The van der Waals surface area contributed by atoms with Crippen molar-refractivity contribution in [3.8, 4) is 0 Å². The highest BCUT2D eigenvalue weighted by Crippen LogP contribution is 2.04. The number of hydrogen-bond donors (Lipinski definition) is 1. The number of nitrogens with zero attached hydrogens (tertiary/aromatic N) is 1. The number of benzene rings is 1. The molecule has 0 unspecified atom stereocenters. The van der Waals surface area contributed by atoms with Crippen molar-refractivity contribution in [3.05, 3.63) is 30.3 Å². The van der Waals surface area contributed by atoms with Gasteiger partial charge >= 0.3 is 6.03 Å². The molecule has 2 amide bonds. The Morgan fingerprint density at radius 3 is 2.55 bits per heavy atom. The van der Waals surface area contributed by atoms with Crippen LogP contribution in [-0.4, -0.2) is 6.03 Å². The monoisotopic (exact) mass is 166 g/mol. The number of nitrogens with one attached hydrogen (secondary N) is 1. The van der Waals surface area contributed by atoms with E-state index in [4.69, 9.17) is 0 Å². The lowest BCUT2D eigenvalue weighted by molar-refractivity contribution is 0.260. The Labute approximate surface area is 69.6 Å². The molecule has 0 fully saturated rings. The lowest BCUT2D eigenvalue weighted by atomic mass is 10.3. The quantitative estimate of drug-likeness (QED) is 0.692. The van der Waals surface area contributed by atoms with Gasteiger partial charge in [0.2, 0.25) is 0 Å². The number of amides is 2. The molecule has 0 aromatic heterocycles. The van der Waals surface area contributed by atoms with E-state index in [9.17, 15) is 4.79 Å². The Bertz CT molecular complexity index is 260. The summed E-state index contributed by atoms with van der Waals surface area (Å²) in [5, 5.41) is 2.48. The molecule has 56 valence electrons. The van der Waals surface area contributed by atoms with E-state index < -0.39 is 6.03 Å². The zero-order valence-corrected chi connectivity index (χ0v) is 6.47. The summed E-state index contributed by atoms with van der Waals surface area (Å²) in [5.41, 5.74) is 0.700. The maximum atomic E-state index is 10.6. The fourth-order valence-electron chi connectivity index (χ4n) is 0.668. The summed E-state index contributed by atoms with van der Waals surface area (Å²) in [4.78, 5) is 10.6. The van der Waals surface area contributed by atoms with Gasteiger partial charge in [-0.2, -0.15) is 0 Å². The largest absolute Gasteiger partial charge is 0.356 e. The predicted octanol–water partition coefficient (Wildman–Crippen LogP) is 1.95. The SMILES string of the molecule is O=C(N=S)Nc1ccccc1. The van der Waals surface area contributed by atoms with E-state index in [0.717, 1.165) is 0 Å². The van der Waals surface area contributed by atoms with Crippen LogP contribution in [0, 0.1) is 0 Å². The van der Waals surface area contributed by atoms with E-state index in [2.05, 4.69) is 22.1 Å². The van der Waals surface area contributed by atoms with E-state index in [0.29, 0.717) is 5.69 Å². The fourth-order valence-corrected chi connectivity index (χ4v) is 0.713. The second-order valence-corrected chi connectivity index (χ2v) is 2.07. The molecule has 0 aliphatic carbocycles. The molecule has 11 heavy (non-hydrogen) atoms. The molecule has 0 aliphatic heterocycles. The molecule has 1 rings (SSSR count). The Morgan fingerprint density at radius 1 is 1.36 bits per heavy atom. The third-order valence-corrected chi connectivity index (χ3v) is 1.27. The normalized spacial score (nSPS) is 8.73. The first kappa shape index (κ1) is 7.81. The molecule has 0 atom stereocenters. The molecule has 0 radical (unpaired) electrons. The minimum atomic E-state index is -0.508. The molecule has 0 heterocycles. The smallest absolute Gasteiger partial charge is 0.305 e. The van der Waals surface area contributed by atoms with E-state index >= 15 is 0 Å². The summed E-state index contributed by atoms with van der Waals surface area (Å²) < 4.78 is 3.02. The molecule has 0 saturated carbocycles. The summed E-state index contributed by atoms with van der Waals surface area (Å²) in [5.74, 6) is 0. The summed E-state index contributed by atoms with van der Waals surface area (Å²) in [6.07, 6.45) is 0. The third kappa shape index (κ3) is 2.43. The van der Waals surface area contributed by atoms with Crippen LogP contribution in [0.25, 0.3) is 0 Å². The number of carbonyl (C=O) groups excluding carboxylic acids is 1. The van der Waals surface area contributed by atoms with E-state index in [1.165, 1.54) is 0 Å². The van der Waals surface area contributed by atoms with Gasteiger partial charge in [0.25, 0.3) is 0 Å². The Hall–Kier alpha value is -1.29. The first-order chi connectivity index (χ1) is 5.33. The summed E-state index contributed by atoms with van der Waals surface area (Å²) in [7, 11) is 0. The van der Waals surface area contributed by atoms with Crippen molar-refractivity contribution in [1.82, 2.24) is 0 Å². The van der Waals surface area contributed by atoms with Crippen LogP contribution in [0.4, 0.5) is 10.5 Å². The topological polar surface area (TPSA) is 41.5 Å². The van der Waals surface area contributed by atoms with Crippen molar-refractivity contribution in [2.75, 3.05) is 5.32 Å². The molecular weight excluding hydrogens is 160 g/mol. The van der Waals surface area contributed by atoms with Crippen LogP contribution < -0.4 is 5.32 Å². The highest BCUT2D eigenvalue weighted by atomic mass is 32.1. The Balaban J connectivity index is 2.65. The van der Waals surface area contributed by atoms with Crippen LogP contribution in [0.3, 0.4) is 0 Å². The molecule has 3 nitrogen and oxygen atoms in total. The molecule has 0 spiro atoms. The van der Waals surface area contributed by atoms with Gasteiger partial charge in [0.05, 0.1) is 0 Å². The number of anilines is 1. The number of hydrogen-bond acceptors (Lipinski definition) is 2. The third-order valence-electron chi connectivity index (χ3n) is 1.11. The van der Waals surface area contributed by atoms with Crippen LogP contribution >= 0.6 is 0 Å². The van der Waals surface area contributed by atoms with Gasteiger partial charge in [-0.15, -0.1) is 4.36 Å². The van der Waals surface area contributed by atoms with Gasteiger partial charge in [0.15, 0.2) is 0 Å². The van der Waals surface area contributed by atoms with Crippen molar-refractivity contribution >= 4 is 24.1 Å². The molecule has 1 N–H and O–H groups in total. The van der Waals surface area contributed by atoms with E-state index in [1.54, 1.807) is 12.1 Å². The van der Waals surface area contributed by atoms with Gasteiger partial charge in [-0.3, -0.25) is 0 Å². The van der Waals surface area contributed by atoms with Gasteiger partial charge in [0, 0.05) is 18.1 Å². The average molecular weight is 166 g/mol. The lowest BCUT2D eigenvalue weighted by Crippen LogP contribution is -2.04. The van der Waals surface area contributed by atoms with Crippen molar-refractivity contribution in [1.29, 1.82) is 0 Å². The molecule has 4 heteroatoms. The van der Waals surface area contributed by atoms with Crippen LogP contribution in [0.1, 0.15) is 0 Å². The maximum Gasteiger partial charge on any atom is 0.356 e. The molecular formula is C7H6N2OS. The van der Waals surface area contributed by atoms with Crippen molar-refractivity contribution in [3.63, 3.8) is 0 Å². The van der Waals surface area contributed by atoms with Crippen molar-refractivity contribution < 1.29 is 4.79 Å². The number of rotatable bonds is 1. The highest BCUT2D eigenvalue weighted by molar-refractivity contribution is 7.47. The zero-order valence-electron chi connectivity index (χ0n) is 5.65. The summed E-state index contributed by atoms with van der Waals surface area (Å²) >= 11 is 4.19. The maximum absolute atomic E-state index is 10.6. The molecule has 1 aromatic rings. The van der Waals surface area contributed by atoms with E-state index in [-0.39, 0.29) is 0 Å². The predicted molar refractivity (Wildman–Crippen MR) is 45.3 cm³/mol. The van der Waals surface area contributed by atoms with E-state index in [1.807, 2.05) is 18.2 Å². The highest BCUT2D eigenvalue weighted by Gasteiger charge is 1.95. The van der Waals surface area contributed by atoms with Gasteiger partial charge in [-0.05, 0) is 12.1 Å². The molecule has 0 bridgehead atoms. The van der Waals surface area contributed by atoms with Gasteiger partial charge < -0.3 is 5.32 Å². The second kappa shape index (κ2) is 3.78. The summed E-state index contributed by atoms with van der Waals surface area (Å²) in [6.45, 7) is 0. The Kier molecular flexibility index (Phi) is 2.68. The number of urea groups is 1. The lowest BCUT2D eigenvalue weighted by Gasteiger charge is -1.97. The minimum Gasteiger partial charge on any atom is -0.305 e. The Morgan fingerprint density at radius 2 is 2.00 bits per heavy atom. The van der Waals surface area contributed by atoms with Gasteiger partial charge in [-0.25, -0.2) is 4.79 Å². The standard InChI is InChI=1S/C7H6N2OS/c10-7(9-11)8-6-4-2-1-3-5-6/h1-5H,(H,8,10). The molecule has 0 aliphatic rings. The summed E-state index contributed by atoms with van der Waals surface area (Å²) in [6, 6.07) is 8.51. The van der Waals surface area contributed by atoms with Crippen LogP contribution in [0.5, 0.6) is 0 Å². The minimum absolute atomic E-state index is 0.508. The molecule has 1 aromatic carbocycles. The van der Waals surface area contributed by atoms with Crippen LogP contribution in [0.15, 0.2) is 34.7 Å². The first-order valence-corrected chi connectivity index (χ1v) is 3.39. The zero-order chi connectivity index (χ0) is 8.10. The number of carbonyl (C=O) groups is 1. The van der Waals surface area contributed by atoms with Gasteiger partial charge in [0.1, 0.15) is 0 Å². The second-order valence-electron chi connectivity index (χ2n) is 1.89. The van der Waals surface area contributed by atoms with Gasteiger partial charge in [-0.1, -0.05) is 18.2 Å². The average Bonchev–Trinajstić information content (AvgIpc) is 2.06. The fraction of sp³-hybridized carbons (Fsp3) is 0. The molecule has 0 saturated heterocycles. The van der Waals surface area contributed by atoms with Crippen LogP contribution in [-0.2, 0) is 12.4 Å². The van der Waals surface area contributed by atoms with Crippen molar-refractivity contribution in [2.45, 2.75) is 0 Å². The van der Waals surface area contributed by atoms with Crippen molar-refractivity contribution in [2.24, 2.45) is 4.36 Å². The van der Waals surface area contributed by atoms with Crippen LogP contribution in [0.2, 0.25) is 0 Å². The number of para-hydroxylation sites is 1.